The second-order valence-electron chi connectivity index (χ2n) is 6.03. The van der Waals surface area contributed by atoms with Crippen molar-refractivity contribution in [2.75, 3.05) is 18.5 Å². The Morgan fingerprint density at radius 3 is 2.37 bits per heavy atom. The lowest BCUT2D eigenvalue weighted by molar-refractivity contribution is -0.384. The van der Waals surface area contributed by atoms with E-state index < -0.39 is 23.4 Å². The molecular weight excluding hydrogens is 352 g/mol. The highest BCUT2D eigenvalue weighted by Gasteiger charge is 2.12. The first-order chi connectivity index (χ1) is 12.8. The van der Waals surface area contributed by atoms with E-state index >= 15 is 0 Å². The van der Waals surface area contributed by atoms with Crippen LogP contribution in [0.5, 0.6) is 5.75 Å². The van der Waals surface area contributed by atoms with Crippen LogP contribution in [-0.4, -0.2) is 30.0 Å². The van der Waals surface area contributed by atoms with Crippen molar-refractivity contribution in [3.8, 4) is 5.75 Å². The number of anilines is 1. The van der Waals surface area contributed by atoms with Crippen LogP contribution < -0.4 is 10.1 Å². The molecule has 2 rings (SSSR count). The summed E-state index contributed by atoms with van der Waals surface area (Å²) in [7, 11) is 0. The Morgan fingerprint density at radius 1 is 1.07 bits per heavy atom. The maximum absolute atomic E-state index is 11.8. The highest BCUT2D eigenvalue weighted by Crippen LogP contribution is 2.24. The molecule has 0 unspecified atom stereocenters. The smallest absolute Gasteiger partial charge is 0.344 e. The van der Waals surface area contributed by atoms with Gasteiger partial charge in [0.15, 0.2) is 13.2 Å². The van der Waals surface area contributed by atoms with Gasteiger partial charge in [-0.25, -0.2) is 4.79 Å². The first-order valence-electron chi connectivity index (χ1n) is 8.17. The molecule has 1 amide bonds. The number of hydrogen-bond acceptors (Lipinski definition) is 6. The Kier molecular flexibility index (Phi) is 6.48. The Morgan fingerprint density at radius 2 is 1.74 bits per heavy atom. The van der Waals surface area contributed by atoms with Crippen LogP contribution in [0.3, 0.4) is 0 Å². The van der Waals surface area contributed by atoms with E-state index in [0.29, 0.717) is 5.75 Å². The number of amides is 1. The second kappa shape index (κ2) is 8.79. The number of carbonyl (C=O) groups is 2. The van der Waals surface area contributed by atoms with Gasteiger partial charge >= 0.3 is 5.97 Å². The summed E-state index contributed by atoms with van der Waals surface area (Å²) in [6.45, 7) is 4.89. The molecular formula is C19H20N2O6. The second-order valence-corrected chi connectivity index (χ2v) is 6.03. The summed E-state index contributed by atoms with van der Waals surface area (Å²) >= 11 is 0. The number of aryl methyl sites for hydroxylation is 3. The first kappa shape index (κ1) is 19.9. The van der Waals surface area contributed by atoms with Crippen molar-refractivity contribution < 1.29 is 24.0 Å². The van der Waals surface area contributed by atoms with Gasteiger partial charge in [0, 0.05) is 17.8 Å². The number of nitrogens with one attached hydrogen (secondary N) is 1. The number of nitro groups is 1. The number of rotatable bonds is 7. The highest BCUT2D eigenvalue weighted by molar-refractivity contribution is 5.93. The molecule has 0 spiro atoms. The van der Waals surface area contributed by atoms with Crippen LogP contribution in [0.15, 0.2) is 36.4 Å². The third-order valence-corrected chi connectivity index (χ3v) is 3.64. The van der Waals surface area contributed by atoms with Crippen molar-refractivity contribution >= 4 is 23.3 Å². The Balaban J connectivity index is 1.82. The molecule has 8 heteroatoms. The molecule has 0 aromatic heterocycles. The number of non-ortho nitro benzene ring substituents is 1. The summed E-state index contributed by atoms with van der Waals surface area (Å²) in [6.07, 6.45) is 0. The molecule has 0 aliphatic carbocycles. The van der Waals surface area contributed by atoms with Crippen molar-refractivity contribution in [1.82, 2.24) is 0 Å². The monoisotopic (exact) mass is 372 g/mol. The van der Waals surface area contributed by atoms with Gasteiger partial charge in [0.2, 0.25) is 0 Å². The summed E-state index contributed by atoms with van der Waals surface area (Å²) < 4.78 is 10.4. The largest absolute Gasteiger partial charge is 0.481 e. The predicted molar refractivity (Wildman–Crippen MR) is 98.8 cm³/mol. The standard InChI is InChI=1S/C19H20N2O6/c1-12-7-13(2)19(14(3)8-12)27-11-18(23)26-10-17(22)20-15-5-4-6-16(9-15)21(24)25/h4-9H,10-11H2,1-3H3,(H,20,22). The number of hydrogen-bond donors (Lipinski definition) is 1. The van der Waals surface area contributed by atoms with Crippen LogP contribution in [0.25, 0.3) is 0 Å². The van der Waals surface area contributed by atoms with E-state index in [1.165, 1.54) is 24.3 Å². The third kappa shape index (κ3) is 5.81. The van der Waals surface area contributed by atoms with Gasteiger partial charge < -0.3 is 14.8 Å². The lowest BCUT2D eigenvalue weighted by Crippen LogP contribution is -2.23. The quantitative estimate of drug-likeness (QED) is 0.455. The molecule has 0 bridgehead atoms. The molecule has 2 aromatic rings. The molecule has 1 N–H and O–H groups in total. The van der Waals surface area contributed by atoms with E-state index in [4.69, 9.17) is 9.47 Å². The van der Waals surface area contributed by atoms with E-state index in [1.807, 2.05) is 32.9 Å². The number of nitro benzene ring substituents is 1. The van der Waals surface area contributed by atoms with Crippen LogP contribution >= 0.6 is 0 Å². The van der Waals surface area contributed by atoms with Crippen LogP contribution in [0.4, 0.5) is 11.4 Å². The van der Waals surface area contributed by atoms with Crippen molar-refractivity contribution in [3.63, 3.8) is 0 Å². The van der Waals surface area contributed by atoms with Gasteiger partial charge in [-0.05, 0) is 38.0 Å². The molecule has 2 aromatic carbocycles. The molecule has 0 aliphatic rings. The molecule has 0 aliphatic heterocycles. The number of esters is 1. The summed E-state index contributed by atoms with van der Waals surface area (Å²) in [4.78, 5) is 33.8. The van der Waals surface area contributed by atoms with Gasteiger partial charge in [-0.1, -0.05) is 23.8 Å². The molecule has 142 valence electrons. The van der Waals surface area contributed by atoms with E-state index in [0.717, 1.165) is 16.7 Å². The maximum atomic E-state index is 11.8. The van der Waals surface area contributed by atoms with Gasteiger partial charge in [-0.15, -0.1) is 0 Å². The van der Waals surface area contributed by atoms with E-state index in [-0.39, 0.29) is 18.0 Å². The predicted octanol–water partition coefficient (Wildman–Crippen LogP) is 3.08. The summed E-state index contributed by atoms with van der Waals surface area (Å²) in [5.74, 6) is -0.686. The Labute approximate surface area is 156 Å². The van der Waals surface area contributed by atoms with Crippen LogP contribution in [0, 0.1) is 30.9 Å². The Bertz CT molecular complexity index is 855. The minimum absolute atomic E-state index is 0.151. The first-order valence-corrected chi connectivity index (χ1v) is 8.17. The van der Waals surface area contributed by atoms with E-state index in [9.17, 15) is 19.7 Å². The lowest BCUT2D eigenvalue weighted by Gasteiger charge is -2.12. The molecule has 0 heterocycles. The Hall–Kier alpha value is -3.42. The molecule has 27 heavy (non-hydrogen) atoms. The minimum atomic E-state index is -0.691. The molecule has 0 atom stereocenters. The zero-order valence-corrected chi connectivity index (χ0v) is 15.3. The average molecular weight is 372 g/mol. The molecule has 8 nitrogen and oxygen atoms in total. The summed E-state index contributed by atoms with van der Waals surface area (Å²) in [5.41, 5.74) is 3.00. The fraction of sp³-hybridized carbons (Fsp3) is 0.263. The lowest BCUT2D eigenvalue weighted by atomic mass is 10.1. The number of nitrogens with zero attached hydrogens (tertiary/aromatic N) is 1. The topological polar surface area (TPSA) is 108 Å². The van der Waals surface area contributed by atoms with Crippen LogP contribution in [-0.2, 0) is 14.3 Å². The van der Waals surface area contributed by atoms with Gasteiger partial charge in [0.1, 0.15) is 5.75 Å². The SMILES string of the molecule is Cc1cc(C)c(OCC(=O)OCC(=O)Nc2cccc([N+](=O)[O-])c2)c(C)c1. The van der Waals surface area contributed by atoms with Crippen LogP contribution in [0.1, 0.15) is 16.7 Å². The zero-order chi connectivity index (χ0) is 20.0. The van der Waals surface area contributed by atoms with Gasteiger partial charge in [-0.3, -0.25) is 14.9 Å². The number of ether oxygens (including phenoxy) is 2. The molecule has 0 fully saturated rings. The molecule has 0 saturated carbocycles. The summed E-state index contributed by atoms with van der Waals surface area (Å²) in [6, 6.07) is 9.35. The summed E-state index contributed by atoms with van der Waals surface area (Å²) in [5, 5.41) is 13.1. The normalized spacial score (nSPS) is 10.2. The van der Waals surface area contributed by atoms with Gasteiger partial charge in [0.25, 0.3) is 11.6 Å². The van der Waals surface area contributed by atoms with Crippen molar-refractivity contribution in [1.29, 1.82) is 0 Å². The van der Waals surface area contributed by atoms with Crippen molar-refractivity contribution in [2.45, 2.75) is 20.8 Å². The zero-order valence-electron chi connectivity index (χ0n) is 15.3. The van der Waals surface area contributed by atoms with E-state index in [1.54, 1.807) is 0 Å². The molecule has 0 saturated heterocycles. The van der Waals surface area contributed by atoms with Crippen LogP contribution in [0.2, 0.25) is 0 Å². The van der Waals surface area contributed by atoms with Gasteiger partial charge in [-0.2, -0.15) is 0 Å². The highest BCUT2D eigenvalue weighted by atomic mass is 16.6. The fourth-order valence-corrected chi connectivity index (χ4v) is 2.61. The third-order valence-electron chi connectivity index (χ3n) is 3.64. The van der Waals surface area contributed by atoms with Crippen molar-refractivity contribution in [3.05, 3.63) is 63.2 Å². The number of benzene rings is 2. The number of carbonyl (C=O) groups excluding carboxylic acids is 2. The minimum Gasteiger partial charge on any atom is -0.481 e. The van der Waals surface area contributed by atoms with Crippen molar-refractivity contribution in [2.24, 2.45) is 0 Å². The average Bonchev–Trinajstić information content (AvgIpc) is 2.59. The molecule has 0 radical (unpaired) electrons. The fourth-order valence-electron chi connectivity index (χ4n) is 2.61. The van der Waals surface area contributed by atoms with E-state index in [2.05, 4.69) is 5.32 Å². The maximum Gasteiger partial charge on any atom is 0.344 e. The van der Waals surface area contributed by atoms with Gasteiger partial charge in [0.05, 0.1) is 4.92 Å².